The minimum Gasteiger partial charge on any atom is -0.222 e. The summed E-state index contributed by atoms with van der Waals surface area (Å²) >= 11 is 5.90. The summed E-state index contributed by atoms with van der Waals surface area (Å²) in [5.74, 6) is 0.846. The van der Waals surface area contributed by atoms with Gasteiger partial charge in [0.05, 0.1) is 6.04 Å². The average Bonchev–Trinajstić information content (AvgIpc) is 2.90. The Bertz CT molecular complexity index is 514. The van der Waals surface area contributed by atoms with Crippen molar-refractivity contribution < 1.29 is 0 Å². The predicted octanol–water partition coefficient (Wildman–Crippen LogP) is 3.50. The van der Waals surface area contributed by atoms with Gasteiger partial charge in [-0.1, -0.05) is 30.9 Å². The van der Waals surface area contributed by atoms with Crippen LogP contribution in [0, 0.1) is 0 Å². The first-order valence-corrected chi connectivity index (χ1v) is 6.76. The third-order valence-electron chi connectivity index (χ3n) is 3.52. The highest BCUT2D eigenvalue weighted by Gasteiger charge is 2.20. The van der Waals surface area contributed by atoms with Crippen molar-refractivity contribution in [3.8, 4) is 11.4 Å². The summed E-state index contributed by atoms with van der Waals surface area (Å²) in [6.45, 7) is 0. The molecular weight excluding hydrogens is 248 g/mol. The summed E-state index contributed by atoms with van der Waals surface area (Å²) in [6, 6.07) is 8.12. The van der Waals surface area contributed by atoms with Crippen molar-refractivity contribution in [3.63, 3.8) is 0 Å². The molecule has 94 valence electrons. The Balaban J connectivity index is 1.93. The van der Waals surface area contributed by atoms with Crippen LogP contribution in [0.5, 0.6) is 0 Å². The summed E-state index contributed by atoms with van der Waals surface area (Å²) in [5, 5.41) is 12.9. The molecule has 0 unspecified atom stereocenters. The van der Waals surface area contributed by atoms with Gasteiger partial charge in [-0.25, -0.2) is 4.68 Å². The second-order valence-corrected chi connectivity index (χ2v) is 5.18. The van der Waals surface area contributed by atoms with Crippen LogP contribution >= 0.6 is 11.6 Å². The zero-order valence-electron chi connectivity index (χ0n) is 10.1. The second kappa shape index (κ2) is 5.06. The predicted molar refractivity (Wildman–Crippen MR) is 70.4 cm³/mol. The van der Waals surface area contributed by atoms with Crippen LogP contribution in [0.15, 0.2) is 24.3 Å². The van der Waals surface area contributed by atoms with Crippen LogP contribution in [-0.4, -0.2) is 20.2 Å². The van der Waals surface area contributed by atoms with E-state index in [2.05, 4.69) is 15.5 Å². The monoisotopic (exact) mass is 262 g/mol. The normalized spacial score (nSPS) is 16.9. The van der Waals surface area contributed by atoms with E-state index in [0.717, 1.165) is 16.4 Å². The van der Waals surface area contributed by atoms with Crippen LogP contribution in [-0.2, 0) is 0 Å². The molecular formula is C13H15ClN4. The molecule has 3 rings (SSSR count). The maximum Gasteiger partial charge on any atom is 0.182 e. The first-order valence-electron chi connectivity index (χ1n) is 6.38. The van der Waals surface area contributed by atoms with Crippen molar-refractivity contribution in [3.05, 3.63) is 29.3 Å². The number of nitrogens with zero attached hydrogens (tertiary/aromatic N) is 4. The molecule has 0 amide bonds. The zero-order chi connectivity index (χ0) is 12.4. The van der Waals surface area contributed by atoms with E-state index in [-0.39, 0.29) is 0 Å². The maximum absolute atomic E-state index is 5.90. The molecule has 1 aromatic carbocycles. The van der Waals surface area contributed by atoms with E-state index in [0.29, 0.717) is 6.04 Å². The Morgan fingerprint density at radius 1 is 1.06 bits per heavy atom. The van der Waals surface area contributed by atoms with Crippen molar-refractivity contribution >= 4 is 11.6 Å². The quantitative estimate of drug-likeness (QED) is 0.832. The average molecular weight is 263 g/mol. The Hall–Kier alpha value is -1.42. The van der Waals surface area contributed by atoms with Crippen LogP contribution in [0.4, 0.5) is 0 Å². The van der Waals surface area contributed by atoms with E-state index >= 15 is 0 Å². The summed E-state index contributed by atoms with van der Waals surface area (Å²) < 4.78 is 1.97. The molecule has 18 heavy (non-hydrogen) atoms. The van der Waals surface area contributed by atoms with Gasteiger partial charge in [0, 0.05) is 10.6 Å². The fourth-order valence-corrected chi connectivity index (χ4v) is 2.68. The van der Waals surface area contributed by atoms with Crippen LogP contribution in [0.3, 0.4) is 0 Å². The van der Waals surface area contributed by atoms with E-state index < -0.39 is 0 Å². The molecule has 1 aliphatic carbocycles. The van der Waals surface area contributed by atoms with E-state index in [4.69, 9.17) is 11.6 Å². The Morgan fingerprint density at radius 3 is 2.50 bits per heavy atom. The van der Waals surface area contributed by atoms with E-state index in [1.807, 2.05) is 28.9 Å². The summed E-state index contributed by atoms with van der Waals surface area (Å²) in [4.78, 5) is 0. The molecule has 1 fully saturated rings. The Morgan fingerprint density at radius 2 is 1.78 bits per heavy atom. The lowest BCUT2D eigenvalue weighted by Gasteiger charge is -2.22. The van der Waals surface area contributed by atoms with Crippen LogP contribution in [0.2, 0.25) is 5.02 Å². The van der Waals surface area contributed by atoms with Crippen LogP contribution in [0.25, 0.3) is 11.4 Å². The molecule has 0 atom stereocenters. The highest BCUT2D eigenvalue weighted by molar-refractivity contribution is 6.30. The van der Waals surface area contributed by atoms with Gasteiger partial charge in [0.2, 0.25) is 0 Å². The third-order valence-corrected chi connectivity index (χ3v) is 3.77. The lowest BCUT2D eigenvalue weighted by molar-refractivity contribution is 0.327. The van der Waals surface area contributed by atoms with Gasteiger partial charge in [-0.05, 0) is 47.5 Å². The van der Waals surface area contributed by atoms with Crippen molar-refractivity contribution in [1.29, 1.82) is 0 Å². The van der Waals surface area contributed by atoms with Gasteiger partial charge in [0.15, 0.2) is 5.82 Å². The van der Waals surface area contributed by atoms with Crippen molar-refractivity contribution in [2.24, 2.45) is 0 Å². The van der Waals surface area contributed by atoms with Gasteiger partial charge in [0.25, 0.3) is 0 Å². The smallest absolute Gasteiger partial charge is 0.182 e. The molecule has 1 aliphatic rings. The summed E-state index contributed by atoms with van der Waals surface area (Å²) in [6.07, 6.45) is 6.21. The molecule has 1 saturated carbocycles. The van der Waals surface area contributed by atoms with E-state index in [1.165, 1.54) is 32.1 Å². The molecule has 0 saturated heterocycles. The lowest BCUT2D eigenvalue weighted by atomic mass is 9.95. The maximum atomic E-state index is 5.90. The summed E-state index contributed by atoms with van der Waals surface area (Å²) in [7, 11) is 0. The number of benzene rings is 1. The number of aromatic nitrogens is 4. The fourth-order valence-electron chi connectivity index (χ4n) is 2.55. The van der Waals surface area contributed by atoms with E-state index in [1.54, 1.807) is 0 Å². The molecule has 5 heteroatoms. The Labute approximate surface area is 111 Å². The van der Waals surface area contributed by atoms with E-state index in [9.17, 15) is 0 Å². The van der Waals surface area contributed by atoms with Crippen LogP contribution < -0.4 is 0 Å². The molecule has 0 aliphatic heterocycles. The van der Waals surface area contributed by atoms with Crippen molar-refractivity contribution in [2.75, 3.05) is 0 Å². The van der Waals surface area contributed by atoms with Crippen molar-refractivity contribution in [1.82, 2.24) is 20.2 Å². The fraction of sp³-hybridized carbons (Fsp3) is 0.462. The molecule has 0 N–H and O–H groups in total. The second-order valence-electron chi connectivity index (χ2n) is 4.75. The first kappa shape index (κ1) is 11.7. The largest absolute Gasteiger partial charge is 0.222 e. The van der Waals surface area contributed by atoms with Gasteiger partial charge in [0.1, 0.15) is 0 Å². The third kappa shape index (κ3) is 2.25. The lowest BCUT2D eigenvalue weighted by Crippen LogP contribution is -2.15. The van der Waals surface area contributed by atoms with Gasteiger partial charge in [-0.15, -0.1) is 5.10 Å². The number of tetrazole rings is 1. The standard InChI is InChI=1S/C13H15ClN4/c14-11-8-6-10(7-9-11)13-15-16-17-18(13)12-4-2-1-3-5-12/h6-9,12H,1-5H2. The SMILES string of the molecule is Clc1ccc(-c2nnnn2C2CCCCC2)cc1. The topological polar surface area (TPSA) is 43.6 Å². The number of hydrogen-bond donors (Lipinski definition) is 0. The highest BCUT2D eigenvalue weighted by atomic mass is 35.5. The van der Waals surface area contributed by atoms with Gasteiger partial charge in [-0.2, -0.15) is 0 Å². The van der Waals surface area contributed by atoms with Crippen molar-refractivity contribution in [2.45, 2.75) is 38.1 Å². The van der Waals surface area contributed by atoms with Crippen LogP contribution in [0.1, 0.15) is 38.1 Å². The Kier molecular flexibility index (Phi) is 3.28. The van der Waals surface area contributed by atoms with Gasteiger partial charge >= 0.3 is 0 Å². The molecule has 0 radical (unpaired) electrons. The number of rotatable bonds is 2. The molecule has 0 bridgehead atoms. The van der Waals surface area contributed by atoms with Gasteiger partial charge in [-0.3, -0.25) is 0 Å². The zero-order valence-corrected chi connectivity index (χ0v) is 10.8. The van der Waals surface area contributed by atoms with Gasteiger partial charge < -0.3 is 0 Å². The molecule has 2 aromatic rings. The molecule has 4 nitrogen and oxygen atoms in total. The molecule has 1 aromatic heterocycles. The number of hydrogen-bond acceptors (Lipinski definition) is 3. The molecule has 0 spiro atoms. The number of halogens is 1. The highest BCUT2D eigenvalue weighted by Crippen LogP contribution is 2.30. The minimum atomic E-state index is 0.444. The molecule has 1 heterocycles. The first-order chi connectivity index (χ1) is 8.84. The minimum absolute atomic E-state index is 0.444. The summed E-state index contributed by atoms with van der Waals surface area (Å²) in [5.41, 5.74) is 1.02.